The van der Waals surface area contributed by atoms with E-state index < -0.39 is 26.3 Å². The number of hydrogen-bond acceptors (Lipinski definition) is 4. The number of nitrogens with two attached hydrogens (primary N) is 3. The first-order chi connectivity index (χ1) is 4.83. The van der Waals surface area contributed by atoms with Crippen molar-refractivity contribution < 1.29 is 19.0 Å². The average Bonchev–Trinajstić information content (AvgIpc) is 1.80. The average molecular weight is 183 g/mol. The highest BCUT2D eigenvalue weighted by atomic mass is 31.2. The van der Waals surface area contributed by atoms with Crippen molar-refractivity contribution in [2.45, 2.75) is 6.04 Å². The summed E-state index contributed by atoms with van der Waals surface area (Å²) < 4.78 is 14.7. The van der Waals surface area contributed by atoms with Crippen molar-refractivity contribution in [2.75, 3.05) is 6.61 Å². The highest BCUT2D eigenvalue weighted by Crippen LogP contribution is 2.25. The minimum atomic E-state index is -3.60. The Morgan fingerprint density at radius 1 is 1.64 bits per heavy atom. The second-order valence-electron chi connectivity index (χ2n) is 1.89. The van der Waals surface area contributed by atoms with Crippen LogP contribution in [0.1, 0.15) is 0 Å². The fourth-order valence-electron chi connectivity index (χ4n) is 0.268. The van der Waals surface area contributed by atoms with Crippen LogP contribution in [0.2, 0.25) is 0 Å². The summed E-state index contributed by atoms with van der Waals surface area (Å²) in [6, 6.07) is -1.25. The third-order valence-corrected chi connectivity index (χ3v) is 1.33. The van der Waals surface area contributed by atoms with E-state index in [4.69, 9.17) is 21.8 Å². The molecule has 0 saturated heterocycles. The Hall–Kier alpha value is -0.460. The standard InChI is InChI=1S/C3H10N3O4P/c4-2(3(7)8)1-10-11(5,6)9/h2H,1,4H2,(H,7,8)(H4,5,6,9)/t2-/m0/s1. The van der Waals surface area contributed by atoms with Crippen LogP contribution in [-0.4, -0.2) is 23.7 Å². The van der Waals surface area contributed by atoms with Crippen LogP contribution in [-0.2, 0) is 13.9 Å². The smallest absolute Gasteiger partial charge is 0.335 e. The molecule has 0 aliphatic carbocycles. The molecule has 0 aliphatic heterocycles. The Bertz CT molecular complexity index is 189. The van der Waals surface area contributed by atoms with Gasteiger partial charge in [-0.25, -0.2) is 11.0 Å². The van der Waals surface area contributed by atoms with E-state index in [2.05, 4.69) is 4.52 Å². The van der Waals surface area contributed by atoms with Crippen molar-refractivity contribution in [3.63, 3.8) is 0 Å². The first-order valence-electron chi connectivity index (χ1n) is 2.63. The predicted molar refractivity (Wildman–Crippen MR) is 37.5 cm³/mol. The first-order valence-corrected chi connectivity index (χ1v) is 4.39. The van der Waals surface area contributed by atoms with E-state index in [9.17, 15) is 9.36 Å². The van der Waals surface area contributed by atoms with Crippen molar-refractivity contribution in [2.24, 2.45) is 16.7 Å². The van der Waals surface area contributed by atoms with E-state index in [1.54, 1.807) is 0 Å². The molecule has 66 valence electrons. The fourth-order valence-corrected chi connectivity index (χ4v) is 0.662. The summed E-state index contributed by atoms with van der Waals surface area (Å²) in [4.78, 5) is 10.0. The quantitative estimate of drug-likeness (QED) is 0.386. The highest BCUT2D eigenvalue weighted by molar-refractivity contribution is 7.53. The molecule has 0 spiro atoms. The monoisotopic (exact) mass is 183 g/mol. The van der Waals surface area contributed by atoms with Crippen LogP contribution in [0.5, 0.6) is 0 Å². The lowest BCUT2D eigenvalue weighted by Crippen LogP contribution is -2.35. The Morgan fingerprint density at radius 3 is 2.36 bits per heavy atom. The van der Waals surface area contributed by atoms with E-state index in [0.717, 1.165) is 0 Å². The van der Waals surface area contributed by atoms with Crippen LogP contribution in [0.15, 0.2) is 0 Å². The zero-order valence-electron chi connectivity index (χ0n) is 5.64. The molecular weight excluding hydrogens is 173 g/mol. The summed E-state index contributed by atoms with van der Waals surface area (Å²) in [5.74, 6) is -1.27. The van der Waals surface area contributed by atoms with Gasteiger partial charge in [0.15, 0.2) is 0 Å². The second kappa shape index (κ2) is 3.80. The summed E-state index contributed by atoms with van der Waals surface area (Å²) in [5.41, 5.74) is 14.5. The van der Waals surface area contributed by atoms with Gasteiger partial charge in [0.05, 0.1) is 6.61 Å². The van der Waals surface area contributed by atoms with Gasteiger partial charge in [-0.3, -0.25) is 9.36 Å². The molecule has 1 atom stereocenters. The van der Waals surface area contributed by atoms with Gasteiger partial charge in [-0.1, -0.05) is 0 Å². The summed E-state index contributed by atoms with van der Waals surface area (Å²) in [6.07, 6.45) is 0. The number of rotatable bonds is 4. The van der Waals surface area contributed by atoms with E-state index in [1.807, 2.05) is 0 Å². The molecule has 0 fully saturated rings. The van der Waals surface area contributed by atoms with Crippen molar-refractivity contribution in [1.82, 2.24) is 0 Å². The van der Waals surface area contributed by atoms with Gasteiger partial charge in [0.25, 0.3) is 0 Å². The minimum Gasteiger partial charge on any atom is -0.480 e. The molecule has 0 aromatic rings. The zero-order chi connectivity index (χ0) is 9.07. The number of carbonyl (C=O) groups is 1. The van der Waals surface area contributed by atoms with E-state index in [-0.39, 0.29) is 0 Å². The van der Waals surface area contributed by atoms with E-state index in [0.29, 0.717) is 0 Å². The normalized spacial score (nSPS) is 14.5. The molecule has 8 heteroatoms. The molecule has 0 aromatic carbocycles. The Balaban J connectivity index is 3.72. The predicted octanol–water partition coefficient (Wildman–Crippen LogP) is -1.56. The third-order valence-electron chi connectivity index (χ3n) is 0.773. The summed E-state index contributed by atoms with van der Waals surface area (Å²) in [7, 11) is -3.60. The Labute approximate surface area is 63.0 Å². The Morgan fingerprint density at radius 2 is 2.09 bits per heavy atom. The molecule has 7 N–H and O–H groups in total. The van der Waals surface area contributed by atoms with Crippen LogP contribution in [0.3, 0.4) is 0 Å². The van der Waals surface area contributed by atoms with Crippen LogP contribution < -0.4 is 16.7 Å². The van der Waals surface area contributed by atoms with Gasteiger partial charge in [0.2, 0.25) is 0 Å². The van der Waals surface area contributed by atoms with Gasteiger partial charge in [0, 0.05) is 0 Å². The van der Waals surface area contributed by atoms with Gasteiger partial charge in [-0.15, -0.1) is 0 Å². The van der Waals surface area contributed by atoms with E-state index in [1.165, 1.54) is 0 Å². The maximum atomic E-state index is 10.4. The van der Waals surface area contributed by atoms with Gasteiger partial charge in [-0.2, -0.15) is 0 Å². The van der Waals surface area contributed by atoms with Gasteiger partial charge >= 0.3 is 13.6 Å². The van der Waals surface area contributed by atoms with Crippen LogP contribution >= 0.6 is 7.67 Å². The zero-order valence-corrected chi connectivity index (χ0v) is 6.53. The summed E-state index contributed by atoms with van der Waals surface area (Å²) in [5, 5.41) is 8.20. The van der Waals surface area contributed by atoms with Gasteiger partial charge in [-0.05, 0) is 0 Å². The van der Waals surface area contributed by atoms with Crippen molar-refractivity contribution in [1.29, 1.82) is 0 Å². The highest BCUT2D eigenvalue weighted by Gasteiger charge is 2.16. The molecule has 0 aliphatic rings. The molecule has 0 heterocycles. The van der Waals surface area contributed by atoms with Crippen molar-refractivity contribution in [3.05, 3.63) is 0 Å². The number of hydrogen-bond donors (Lipinski definition) is 4. The number of carboxylic acids is 1. The molecule has 0 aromatic heterocycles. The number of carboxylic acid groups (broad SMARTS) is 1. The molecule has 0 bridgehead atoms. The first kappa shape index (κ1) is 10.5. The van der Waals surface area contributed by atoms with E-state index >= 15 is 0 Å². The van der Waals surface area contributed by atoms with Gasteiger partial charge in [0.1, 0.15) is 6.04 Å². The van der Waals surface area contributed by atoms with Crippen molar-refractivity contribution in [3.8, 4) is 0 Å². The summed E-state index contributed by atoms with van der Waals surface area (Å²) >= 11 is 0. The molecule has 11 heavy (non-hydrogen) atoms. The SMILES string of the molecule is N[C@@H](COP(N)(N)=O)C(=O)O. The lowest BCUT2D eigenvalue weighted by Gasteiger charge is -2.09. The molecule has 0 saturated carbocycles. The van der Waals surface area contributed by atoms with Gasteiger partial charge < -0.3 is 15.4 Å². The molecular formula is C3H10N3O4P. The Kier molecular flexibility index (Phi) is 3.64. The van der Waals surface area contributed by atoms with Crippen LogP contribution in [0, 0.1) is 0 Å². The maximum absolute atomic E-state index is 10.4. The molecule has 0 amide bonds. The minimum absolute atomic E-state index is 0.459. The summed E-state index contributed by atoms with van der Waals surface area (Å²) in [6.45, 7) is -0.459. The van der Waals surface area contributed by atoms with Crippen molar-refractivity contribution >= 4 is 13.6 Å². The fraction of sp³-hybridized carbons (Fsp3) is 0.667. The molecule has 0 radical (unpaired) electrons. The maximum Gasteiger partial charge on any atom is 0.335 e. The topological polar surface area (TPSA) is 142 Å². The van der Waals surface area contributed by atoms with Crippen LogP contribution in [0.25, 0.3) is 0 Å². The lowest BCUT2D eigenvalue weighted by atomic mass is 10.3. The third kappa shape index (κ3) is 5.96. The molecule has 0 rings (SSSR count). The second-order valence-corrected chi connectivity index (χ2v) is 3.43. The lowest BCUT2D eigenvalue weighted by molar-refractivity contribution is -0.139. The molecule has 0 unspecified atom stereocenters. The number of aliphatic carboxylic acids is 1. The van der Waals surface area contributed by atoms with Crippen LogP contribution in [0.4, 0.5) is 0 Å². The molecule has 7 nitrogen and oxygen atoms in total. The largest absolute Gasteiger partial charge is 0.480 e.